The van der Waals surface area contributed by atoms with Gasteiger partial charge in [0.25, 0.3) is 0 Å². The molecule has 3 aromatic carbocycles. The van der Waals surface area contributed by atoms with Crippen molar-refractivity contribution >= 4 is 22.8 Å². The predicted octanol–water partition coefficient (Wildman–Crippen LogP) is 5.35. The molecule has 4 aromatic rings. The number of hydrogen-bond acceptors (Lipinski definition) is 2. The number of aromatic amines is 1. The maximum absolute atomic E-state index is 11.6. The Bertz CT molecular complexity index is 1130. The average molecular weight is 370 g/mol. The molecule has 0 fully saturated rings. The van der Waals surface area contributed by atoms with Crippen molar-refractivity contribution in [2.24, 2.45) is 0 Å². The van der Waals surface area contributed by atoms with Gasteiger partial charge in [-0.2, -0.15) is 0 Å². The first kappa shape index (κ1) is 17.8. The first-order valence-electron chi connectivity index (χ1n) is 9.35. The molecule has 0 aliphatic heterocycles. The molecule has 0 saturated carbocycles. The van der Waals surface area contributed by atoms with E-state index in [0.29, 0.717) is 6.54 Å². The minimum absolute atomic E-state index is 0.197. The molecule has 140 valence electrons. The summed E-state index contributed by atoms with van der Waals surface area (Å²) >= 11 is 0. The van der Waals surface area contributed by atoms with E-state index in [2.05, 4.69) is 46.8 Å². The van der Waals surface area contributed by atoms with Crippen molar-refractivity contribution in [3.63, 3.8) is 0 Å². The number of amides is 2. The lowest BCUT2D eigenvalue weighted by Gasteiger charge is -2.08. The Balaban J connectivity index is 1.61. The highest BCUT2D eigenvalue weighted by Crippen LogP contribution is 2.28. The van der Waals surface area contributed by atoms with Gasteiger partial charge in [0.1, 0.15) is 5.82 Å². The number of para-hydroxylation sites is 1. The van der Waals surface area contributed by atoms with Crippen molar-refractivity contribution in [1.29, 1.82) is 0 Å². The maximum atomic E-state index is 11.6. The topological polar surface area (TPSA) is 69.8 Å². The molecule has 0 spiro atoms. The van der Waals surface area contributed by atoms with Crippen LogP contribution in [0.4, 0.5) is 10.5 Å². The lowest BCUT2D eigenvalue weighted by molar-refractivity contribution is 0.252. The Kier molecular flexibility index (Phi) is 4.81. The van der Waals surface area contributed by atoms with Crippen LogP contribution in [0.5, 0.6) is 0 Å². The second-order valence-corrected chi connectivity index (χ2v) is 6.70. The van der Waals surface area contributed by atoms with Crippen LogP contribution in [-0.4, -0.2) is 22.5 Å². The van der Waals surface area contributed by atoms with Crippen LogP contribution in [0.25, 0.3) is 33.5 Å². The summed E-state index contributed by atoms with van der Waals surface area (Å²) in [5, 5.41) is 5.53. The van der Waals surface area contributed by atoms with Crippen LogP contribution in [0, 0.1) is 6.92 Å². The molecule has 28 heavy (non-hydrogen) atoms. The molecule has 5 heteroatoms. The summed E-state index contributed by atoms with van der Waals surface area (Å²) in [4.78, 5) is 19.8. The van der Waals surface area contributed by atoms with Crippen LogP contribution in [-0.2, 0) is 0 Å². The number of H-pyrrole nitrogens is 1. The Labute approximate surface area is 163 Å². The molecule has 0 atom stereocenters. The highest BCUT2D eigenvalue weighted by atomic mass is 16.2. The number of imidazole rings is 1. The van der Waals surface area contributed by atoms with Crippen molar-refractivity contribution in [1.82, 2.24) is 15.3 Å². The van der Waals surface area contributed by atoms with Crippen LogP contribution in [0.2, 0.25) is 0 Å². The Morgan fingerprint density at radius 1 is 0.964 bits per heavy atom. The van der Waals surface area contributed by atoms with Crippen LogP contribution < -0.4 is 10.6 Å². The van der Waals surface area contributed by atoms with Gasteiger partial charge in [0.05, 0.1) is 11.0 Å². The van der Waals surface area contributed by atoms with Gasteiger partial charge < -0.3 is 15.6 Å². The number of aryl methyl sites for hydroxylation is 1. The van der Waals surface area contributed by atoms with Gasteiger partial charge in [-0.25, -0.2) is 9.78 Å². The molecular weight excluding hydrogens is 348 g/mol. The molecule has 0 radical (unpaired) electrons. The quantitative estimate of drug-likeness (QED) is 0.453. The number of nitrogens with one attached hydrogen (secondary N) is 3. The molecule has 0 aliphatic rings. The third-order valence-electron chi connectivity index (χ3n) is 4.66. The van der Waals surface area contributed by atoms with Crippen molar-refractivity contribution in [2.75, 3.05) is 11.9 Å². The lowest BCUT2D eigenvalue weighted by atomic mass is 10.0. The number of aromatic nitrogens is 2. The average Bonchev–Trinajstić information content (AvgIpc) is 3.15. The number of urea groups is 1. The van der Waals surface area contributed by atoms with Gasteiger partial charge >= 0.3 is 6.03 Å². The first-order valence-corrected chi connectivity index (χ1v) is 9.35. The molecule has 3 N–H and O–H groups in total. The van der Waals surface area contributed by atoms with E-state index in [1.54, 1.807) is 0 Å². The van der Waals surface area contributed by atoms with Gasteiger partial charge in [-0.15, -0.1) is 0 Å². The smallest absolute Gasteiger partial charge is 0.319 e. The van der Waals surface area contributed by atoms with Gasteiger partial charge in [-0.1, -0.05) is 42.5 Å². The van der Waals surface area contributed by atoms with E-state index in [9.17, 15) is 4.79 Å². The largest absolute Gasteiger partial charge is 0.338 e. The maximum Gasteiger partial charge on any atom is 0.319 e. The minimum atomic E-state index is -0.197. The van der Waals surface area contributed by atoms with E-state index in [4.69, 9.17) is 4.98 Å². The van der Waals surface area contributed by atoms with E-state index in [1.807, 2.05) is 49.4 Å². The van der Waals surface area contributed by atoms with Crippen molar-refractivity contribution in [3.8, 4) is 22.5 Å². The van der Waals surface area contributed by atoms with Crippen LogP contribution in [0.15, 0.2) is 66.7 Å². The fourth-order valence-electron chi connectivity index (χ4n) is 3.24. The molecule has 1 aromatic heterocycles. The zero-order valence-corrected chi connectivity index (χ0v) is 15.9. The summed E-state index contributed by atoms with van der Waals surface area (Å²) in [5.41, 5.74) is 7.18. The Morgan fingerprint density at radius 3 is 2.46 bits per heavy atom. The van der Waals surface area contributed by atoms with E-state index < -0.39 is 0 Å². The summed E-state index contributed by atoms with van der Waals surface area (Å²) in [7, 11) is 0. The zero-order chi connectivity index (χ0) is 19.5. The summed E-state index contributed by atoms with van der Waals surface area (Å²) in [5.74, 6) is 0.862. The molecule has 0 bridgehead atoms. The third-order valence-corrected chi connectivity index (χ3v) is 4.66. The predicted molar refractivity (Wildman–Crippen MR) is 114 cm³/mol. The second-order valence-electron chi connectivity index (χ2n) is 6.70. The zero-order valence-electron chi connectivity index (χ0n) is 15.9. The van der Waals surface area contributed by atoms with Crippen molar-refractivity contribution in [2.45, 2.75) is 13.8 Å². The van der Waals surface area contributed by atoms with Crippen molar-refractivity contribution < 1.29 is 4.79 Å². The van der Waals surface area contributed by atoms with E-state index in [-0.39, 0.29) is 6.03 Å². The van der Waals surface area contributed by atoms with E-state index >= 15 is 0 Å². The van der Waals surface area contributed by atoms with Gasteiger partial charge in [0, 0.05) is 17.8 Å². The summed E-state index contributed by atoms with van der Waals surface area (Å²) in [6, 6.07) is 22.1. The number of anilines is 1. The monoisotopic (exact) mass is 370 g/mol. The lowest BCUT2D eigenvalue weighted by Crippen LogP contribution is -2.28. The van der Waals surface area contributed by atoms with E-state index in [1.165, 1.54) is 0 Å². The Hall–Kier alpha value is -3.60. The van der Waals surface area contributed by atoms with Crippen molar-refractivity contribution in [3.05, 3.63) is 72.3 Å². The molecular formula is C23H22N4O. The fraction of sp³-hybridized carbons (Fsp3) is 0.130. The number of rotatable bonds is 4. The second kappa shape index (κ2) is 7.56. The number of benzene rings is 3. The Morgan fingerprint density at radius 2 is 1.71 bits per heavy atom. The number of nitrogens with zero attached hydrogens (tertiary/aromatic N) is 1. The number of carbonyl (C=O) groups excluding carboxylic acids is 1. The number of carbonyl (C=O) groups is 1. The highest BCUT2D eigenvalue weighted by molar-refractivity contribution is 5.89. The highest BCUT2D eigenvalue weighted by Gasteiger charge is 2.08. The summed E-state index contributed by atoms with van der Waals surface area (Å²) in [6.07, 6.45) is 0. The molecule has 4 rings (SSSR count). The molecule has 5 nitrogen and oxygen atoms in total. The normalized spacial score (nSPS) is 10.8. The van der Waals surface area contributed by atoms with Crippen LogP contribution in [0.1, 0.15) is 12.5 Å². The molecule has 2 amide bonds. The molecule has 0 unspecified atom stereocenters. The van der Waals surface area contributed by atoms with Crippen LogP contribution >= 0.6 is 0 Å². The van der Waals surface area contributed by atoms with Gasteiger partial charge in [-0.05, 0) is 54.8 Å². The van der Waals surface area contributed by atoms with Gasteiger partial charge in [-0.3, -0.25) is 0 Å². The summed E-state index contributed by atoms with van der Waals surface area (Å²) < 4.78 is 0. The number of hydrogen-bond donors (Lipinski definition) is 3. The standard InChI is InChI=1S/C23H22N4O/c1-3-24-23(28)25-19-12-10-16(11-13-19)17-7-5-8-18(14-17)22-26-20-9-4-6-15(2)21(20)27-22/h4-14H,3H2,1-2H3,(H,26,27)(H2,24,25,28). The molecule has 0 saturated heterocycles. The number of fused-ring (bicyclic) bond motifs is 1. The molecule has 1 heterocycles. The van der Waals surface area contributed by atoms with Gasteiger partial charge in [0.15, 0.2) is 0 Å². The molecule has 0 aliphatic carbocycles. The van der Waals surface area contributed by atoms with E-state index in [0.717, 1.165) is 44.8 Å². The minimum Gasteiger partial charge on any atom is -0.338 e. The SMILES string of the molecule is CCNC(=O)Nc1ccc(-c2cccc(-c3nc4c(C)cccc4[nH]3)c2)cc1. The fourth-order valence-corrected chi connectivity index (χ4v) is 3.24. The third kappa shape index (κ3) is 3.60. The van der Waals surface area contributed by atoms with Crippen LogP contribution in [0.3, 0.4) is 0 Å². The first-order chi connectivity index (χ1) is 13.6. The van der Waals surface area contributed by atoms with Gasteiger partial charge in [0.2, 0.25) is 0 Å². The summed E-state index contributed by atoms with van der Waals surface area (Å²) in [6.45, 7) is 4.55.